The number of carboxylic acid groups (broad SMARTS) is 1. The molecule has 0 radical (unpaired) electrons. The second-order valence-corrected chi connectivity index (χ2v) is 5.06. The highest BCUT2D eigenvalue weighted by molar-refractivity contribution is 5.67. The van der Waals surface area contributed by atoms with E-state index in [0.29, 0.717) is 6.42 Å². The standard InChI is InChI=1S/C9H9FO2.C5H11NO2/c10-8-3-1-2-7(6-8)4-5-9(11)12;1-5(2,3)8-4(6)7/h1-3,6H,4-5H2,(H,11,12);1-3H3,(H2,6,7). The first-order valence-electron chi connectivity index (χ1n) is 6.05. The second kappa shape index (κ2) is 8.14. The number of benzene rings is 1. The molecule has 1 amide bonds. The average Bonchev–Trinajstić information content (AvgIpc) is 2.23. The van der Waals surface area contributed by atoms with Gasteiger partial charge in [0, 0.05) is 6.42 Å². The summed E-state index contributed by atoms with van der Waals surface area (Å²) < 4.78 is 17.1. The highest BCUT2D eigenvalue weighted by Crippen LogP contribution is 2.06. The molecule has 0 bridgehead atoms. The van der Waals surface area contributed by atoms with Gasteiger partial charge >= 0.3 is 12.1 Å². The van der Waals surface area contributed by atoms with Crippen molar-refractivity contribution in [3.05, 3.63) is 35.6 Å². The van der Waals surface area contributed by atoms with Gasteiger partial charge in [-0.2, -0.15) is 0 Å². The third kappa shape index (κ3) is 11.0. The number of amides is 1. The second-order valence-electron chi connectivity index (χ2n) is 5.06. The highest BCUT2D eigenvalue weighted by atomic mass is 19.1. The number of hydrogen-bond acceptors (Lipinski definition) is 3. The molecule has 20 heavy (non-hydrogen) atoms. The first kappa shape index (κ1) is 17.9. The van der Waals surface area contributed by atoms with Gasteiger partial charge in [-0.05, 0) is 44.9 Å². The minimum atomic E-state index is -0.862. The summed E-state index contributed by atoms with van der Waals surface area (Å²) in [5, 5.41) is 8.35. The van der Waals surface area contributed by atoms with Crippen molar-refractivity contribution in [1.82, 2.24) is 0 Å². The molecule has 0 atom stereocenters. The summed E-state index contributed by atoms with van der Waals surface area (Å²) in [6, 6.07) is 5.98. The van der Waals surface area contributed by atoms with Gasteiger partial charge in [0.05, 0.1) is 0 Å². The molecular formula is C14H20FNO4. The summed E-state index contributed by atoms with van der Waals surface area (Å²) >= 11 is 0. The highest BCUT2D eigenvalue weighted by Gasteiger charge is 2.12. The first-order valence-corrected chi connectivity index (χ1v) is 6.05. The zero-order chi connectivity index (χ0) is 15.8. The summed E-state index contributed by atoms with van der Waals surface area (Å²) in [5.41, 5.74) is 4.98. The molecule has 5 nitrogen and oxygen atoms in total. The molecule has 1 aromatic rings. The summed E-state index contributed by atoms with van der Waals surface area (Å²) in [7, 11) is 0. The summed E-state index contributed by atoms with van der Waals surface area (Å²) in [4.78, 5) is 20.2. The zero-order valence-corrected chi connectivity index (χ0v) is 11.9. The average molecular weight is 285 g/mol. The quantitative estimate of drug-likeness (QED) is 0.893. The van der Waals surface area contributed by atoms with E-state index in [2.05, 4.69) is 4.74 Å². The van der Waals surface area contributed by atoms with E-state index in [1.54, 1.807) is 32.9 Å². The van der Waals surface area contributed by atoms with E-state index in [-0.39, 0.29) is 12.2 Å². The molecule has 1 aromatic carbocycles. The number of carbonyl (C=O) groups is 2. The van der Waals surface area contributed by atoms with Crippen LogP contribution in [0.25, 0.3) is 0 Å². The van der Waals surface area contributed by atoms with E-state index in [1.807, 2.05) is 0 Å². The first-order chi connectivity index (χ1) is 9.10. The summed E-state index contributed by atoms with van der Waals surface area (Å²) in [5.74, 6) is -1.18. The maximum Gasteiger partial charge on any atom is 0.405 e. The Morgan fingerprint density at radius 3 is 2.30 bits per heavy atom. The van der Waals surface area contributed by atoms with Gasteiger partial charge in [-0.25, -0.2) is 9.18 Å². The van der Waals surface area contributed by atoms with Crippen LogP contribution in [0.3, 0.4) is 0 Å². The van der Waals surface area contributed by atoms with Gasteiger partial charge in [0.15, 0.2) is 0 Å². The largest absolute Gasteiger partial charge is 0.481 e. The molecular weight excluding hydrogens is 265 g/mol. The molecule has 0 unspecified atom stereocenters. The van der Waals surface area contributed by atoms with Crippen molar-refractivity contribution in [2.45, 2.75) is 39.2 Å². The Morgan fingerprint density at radius 2 is 1.95 bits per heavy atom. The molecule has 6 heteroatoms. The van der Waals surface area contributed by atoms with E-state index in [9.17, 15) is 14.0 Å². The molecule has 1 rings (SSSR count). The number of nitrogens with two attached hydrogens (primary N) is 1. The Balaban J connectivity index is 0.000000396. The van der Waals surface area contributed by atoms with Crippen molar-refractivity contribution in [2.75, 3.05) is 0 Å². The predicted octanol–water partition coefficient (Wildman–Crippen LogP) is 2.72. The number of hydrogen-bond donors (Lipinski definition) is 2. The molecule has 0 aliphatic carbocycles. The monoisotopic (exact) mass is 285 g/mol. The molecule has 0 heterocycles. The molecule has 0 saturated carbocycles. The minimum absolute atomic E-state index is 0.0451. The molecule has 0 spiro atoms. The van der Waals surface area contributed by atoms with Crippen molar-refractivity contribution in [1.29, 1.82) is 0 Å². The molecule has 0 fully saturated rings. The van der Waals surface area contributed by atoms with Gasteiger partial charge in [0.25, 0.3) is 0 Å². The third-order valence-electron chi connectivity index (χ3n) is 1.92. The van der Waals surface area contributed by atoms with E-state index >= 15 is 0 Å². The zero-order valence-electron chi connectivity index (χ0n) is 11.9. The Kier molecular flexibility index (Phi) is 7.28. The fourth-order valence-electron chi connectivity index (χ4n) is 1.25. The van der Waals surface area contributed by atoms with Gasteiger partial charge in [-0.3, -0.25) is 4.79 Å². The van der Waals surface area contributed by atoms with E-state index in [4.69, 9.17) is 10.8 Å². The van der Waals surface area contributed by atoms with E-state index < -0.39 is 17.7 Å². The third-order valence-corrected chi connectivity index (χ3v) is 1.92. The van der Waals surface area contributed by atoms with Crippen LogP contribution in [0.5, 0.6) is 0 Å². The number of carboxylic acids is 1. The van der Waals surface area contributed by atoms with Crippen molar-refractivity contribution < 1.29 is 23.8 Å². The normalized spacial score (nSPS) is 10.2. The Hall–Kier alpha value is -2.11. The van der Waals surface area contributed by atoms with Crippen LogP contribution in [0, 0.1) is 5.82 Å². The summed E-state index contributed by atoms with van der Waals surface area (Å²) in [6.45, 7) is 5.28. The van der Waals surface area contributed by atoms with Crippen molar-refractivity contribution in [2.24, 2.45) is 5.73 Å². The minimum Gasteiger partial charge on any atom is -0.481 e. The lowest BCUT2D eigenvalue weighted by atomic mass is 10.1. The molecule has 0 aliphatic rings. The van der Waals surface area contributed by atoms with Crippen LogP contribution < -0.4 is 5.73 Å². The van der Waals surface area contributed by atoms with Crippen molar-refractivity contribution in [3.63, 3.8) is 0 Å². The van der Waals surface area contributed by atoms with Crippen LogP contribution in [0.15, 0.2) is 24.3 Å². The lowest BCUT2D eigenvalue weighted by molar-refractivity contribution is -0.136. The van der Waals surface area contributed by atoms with Gasteiger partial charge in [0.2, 0.25) is 0 Å². The maximum absolute atomic E-state index is 12.5. The number of aliphatic carboxylic acids is 1. The lowest BCUT2D eigenvalue weighted by Gasteiger charge is -2.16. The smallest absolute Gasteiger partial charge is 0.405 e. The fourth-order valence-corrected chi connectivity index (χ4v) is 1.25. The van der Waals surface area contributed by atoms with Gasteiger partial charge in [-0.1, -0.05) is 12.1 Å². The van der Waals surface area contributed by atoms with Crippen LogP contribution >= 0.6 is 0 Å². The molecule has 3 N–H and O–H groups in total. The van der Waals surface area contributed by atoms with Gasteiger partial charge in [-0.15, -0.1) is 0 Å². The number of ether oxygens (including phenoxy) is 1. The number of aryl methyl sites for hydroxylation is 1. The SMILES string of the molecule is CC(C)(C)OC(N)=O.O=C(O)CCc1cccc(F)c1. The number of carbonyl (C=O) groups excluding carboxylic acids is 1. The lowest BCUT2D eigenvalue weighted by Crippen LogP contribution is -2.27. The van der Waals surface area contributed by atoms with Crippen molar-refractivity contribution >= 4 is 12.1 Å². The number of rotatable bonds is 3. The van der Waals surface area contributed by atoms with Crippen LogP contribution in [-0.4, -0.2) is 22.8 Å². The molecule has 0 saturated heterocycles. The van der Waals surface area contributed by atoms with Crippen molar-refractivity contribution in [3.8, 4) is 0 Å². The fraction of sp³-hybridized carbons (Fsp3) is 0.429. The number of primary amides is 1. The van der Waals surface area contributed by atoms with E-state index in [0.717, 1.165) is 5.56 Å². The van der Waals surface area contributed by atoms with Crippen LogP contribution in [0.2, 0.25) is 0 Å². The Bertz CT molecular complexity index is 455. The molecule has 0 aliphatic heterocycles. The van der Waals surface area contributed by atoms with Gasteiger partial charge in [0.1, 0.15) is 11.4 Å². The number of halogens is 1. The van der Waals surface area contributed by atoms with Crippen LogP contribution in [0.4, 0.5) is 9.18 Å². The van der Waals surface area contributed by atoms with Crippen LogP contribution in [-0.2, 0) is 16.0 Å². The maximum atomic E-state index is 12.5. The Morgan fingerprint density at radius 1 is 1.35 bits per heavy atom. The predicted molar refractivity (Wildman–Crippen MR) is 72.8 cm³/mol. The molecule has 112 valence electrons. The summed E-state index contributed by atoms with van der Waals surface area (Å²) in [6.07, 6.45) is -0.297. The molecule has 0 aromatic heterocycles. The Labute approximate surface area is 117 Å². The van der Waals surface area contributed by atoms with E-state index in [1.165, 1.54) is 12.1 Å². The van der Waals surface area contributed by atoms with Gasteiger partial charge < -0.3 is 15.6 Å². The topological polar surface area (TPSA) is 89.6 Å². The van der Waals surface area contributed by atoms with Crippen LogP contribution in [0.1, 0.15) is 32.8 Å².